The van der Waals surface area contributed by atoms with Gasteiger partial charge >= 0.3 is 0 Å². The van der Waals surface area contributed by atoms with Crippen molar-refractivity contribution in [3.05, 3.63) is 57.5 Å². The highest BCUT2D eigenvalue weighted by molar-refractivity contribution is 7.07. The first-order valence-electron chi connectivity index (χ1n) is 8.67. The summed E-state index contributed by atoms with van der Waals surface area (Å²) in [4.78, 5) is 14.8. The van der Waals surface area contributed by atoms with E-state index in [1.165, 1.54) is 11.3 Å². The summed E-state index contributed by atoms with van der Waals surface area (Å²) < 4.78 is 40.5. The molecule has 3 nitrogen and oxygen atoms in total. The predicted octanol–water partition coefficient (Wildman–Crippen LogP) is 3.95. The van der Waals surface area contributed by atoms with Crippen LogP contribution in [0.1, 0.15) is 35.2 Å². The number of amides is 1. The molecule has 2 aromatic rings. The minimum Gasteiger partial charge on any atom is -0.331 e. The van der Waals surface area contributed by atoms with Crippen LogP contribution in [-0.2, 0) is 6.54 Å². The van der Waals surface area contributed by atoms with Gasteiger partial charge in [-0.25, -0.2) is 13.2 Å². The molecular formula is C19H19F3N2OS. The van der Waals surface area contributed by atoms with Crippen LogP contribution in [-0.4, -0.2) is 29.9 Å². The molecule has 0 bridgehead atoms. The average Bonchev–Trinajstić information content (AvgIpc) is 3.06. The van der Waals surface area contributed by atoms with Crippen molar-refractivity contribution < 1.29 is 18.0 Å². The van der Waals surface area contributed by atoms with Crippen LogP contribution >= 0.6 is 11.3 Å². The second-order valence-electron chi connectivity index (χ2n) is 7.15. The number of piperidine rings is 1. The molecule has 1 amide bonds. The summed E-state index contributed by atoms with van der Waals surface area (Å²) in [5.41, 5.74) is 0.934. The fourth-order valence-corrected chi connectivity index (χ4v) is 4.64. The predicted molar refractivity (Wildman–Crippen MR) is 93.5 cm³/mol. The fourth-order valence-electron chi connectivity index (χ4n) is 3.98. The van der Waals surface area contributed by atoms with Crippen molar-refractivity contribution in [2.45, 2.75) is 31.8 Å². The summed E-state index contributed by atoms with van der Waals surface area (Å²) in [7, 11) is 0. The van der Waals surface area contributed by atoms with E-state index < -0.39 is 23.4 Å². The molecule has 1 spiro atoms. The minimum absolute atomic E-state index is 0.0492. The zero-order valence-electron chi connectivity index (χ0n) is 14.1. The maximum absolute atomic E-state index is 13.6. The van der Waals surface area contributed by atoms with Gasteiger partial charge in [-0.2, -0.15) is 11.3 Å². The smallest absolute Gasteiger partial charge is 0.254 e. The lowest BCUT2D eigenvalue weighted by molar-refractivity contribution is 0.0691. The molecule has 1 unspecified atom stereocenters. The standard InChI is InChI=1S/C19H19F3N2OS/c20-14-7-13(8-15(21)17(14)22)18(25)24(10-12-1-6-26-11-12)16-9-19(16)2-4-23-5-3-19/h1,6-8,11,16,23H,2-5,9-10H2. The third-order valence-corrected chi connectivity index (χ3v) is 6.28. The Hall–Kier alpha value is -1.86. The molecule has 2 aliphatic rings. The first-order valence-corrected chi connectivity index (χ1v) is 9.62. The van der Waals surface area contributed by atoms with Crippen LogP contribution in [0.5, 0.6) is 0 Å². The lowest BCUT2D eigenvalue weighted by atomic mass is 9.93. The Morgan fingerprint density at radius 1 is 1.23 bits per heavy atom. The molecule has 4 rings (SSSR count). The molecule has 1 aliphatic heterocycles. The summed E-state index contributed by atoms with van der Waals surface area (Å²) in [5, 5.41) is 7.22. The van der Waals surface area contributed by atoms with Gasteiger partial charge in [0.15, 0.2) is 17.5 Å². The maximum atomic E-state index is 13.6. The highest BCUT2D eigenvalue weighted by Crippen LogP contribution is 2.56. The topological polar surface area (TPSA) is 32.3 Å². The Labute approximate surface area is 153 Å². The van der Waals surface area contributed by atoms with Crippen LogP contribution in [0.25, 0.3) is 0 Å². The highest BCUT2D eigenvalue weighted by Gasteiger charge is 2.57. The van der Waals surface area contributed by atoms with Crippen molar-refractivity contribution in [1.82, 2.24) is 10.2 Å². The van der Waals surface area contributed by atoms with Gasteiger partial charge < -0.3 is 10.2 Å². The van der Waals surface area contributed by atoms with E-state index in [2.05, 4.69) is 5.32 Å². The second kappa shape index (κ2) is 6.70. The molecule has 1 aromatic carbocycles. The van der Waals surface area contributed by atoms with Crippen LogP contribution in [0.15, 0.2) is 29.0 Å². The van der Waals surface area contributed by atoms with Crippen molar-refractivity contribution in [2.24, 2.45) is 5.41 Å². The molecule has 2 fully saturated rings. The van der Waals surface area contributed by atoms with Crippen LogP contribution in [0.2, 0.25) is 0 Å². The zero-order valence-corrected chi connectivity index (χ0v) is 14.9. The molecule has 1 atom stereocenters. The summed E-state index contributed by atoms with van der Waals surface area (Å²) in [6, 6.07) is 3.57. The van der Waals surface area contributed by atoms with Gasteiger partial charge in [0.05, 0.1) is 0 Å². The van der Waals surface area contributed by atoms with Crippen LogP contribution in [0, 0.1) is 22.9 Å². The third kappa shape index (κ3) is 3.14. The van der Waals surface area contributed by atoms with E-state index in [1.54, 1.807) is 4.90 Å². The van der Waals surface area contributed by atoms with Crippen molar-refractivity contribution >= 4 is 17.2 Å². The molecule has 0 radical (unpaired) electrons. The molecule has 1 N–H and O–H groups in total. The number of thiophene rings is 1. The number of carbonyl (C=O) groups is 1. The molecule has 1 saturated carbocycles. The SMILES string of the molecule is O=C(c1cc(F)c(F)c(F)c1)N(Cc1ccsc1)C1CC12CCNCC2. The quantitative estimate of drug-likeness (QED) is 0.815. The molecule has 1 aliphatic carbocycles. The molecule has 26 heavy (non-hydrogen) atoms. The van der Waals surface area contributed by atoms with Crippen molar-refractivity contribution in [2.75, 3.05) is 13.1 Å². The Morgan fingerprint density at radius 2 is 1.92 bits per heavy atom. The molecule has 138 valence electrons. The molecule has 1 saturated heterocycles. The number of halogens is 3. The third-order valence-electron chi connectivity index (χ3n) is 5.55. The van der Waals surface area contributed by atoms with Gasteiger partial charge in [-0.05, 0) is 72.3 Å². The van der Waals surface area contributed by atoms with Gasteiger partial charge in [0.25, 0.3) is 5.91 Å². The van der Waals surface area contributed by atoms with Crippen molar-refractivity contribution in [3.8, 4) is 0 Å². The van der Waals surface area contributed by atoms with Gasteiger partial charge in [0.2, 0.25) is 0 Å². The number of hydrogen-bond donors (Lipinski definition) is 1. The Balaban J connectivity index is 1.63. The maximum Gasteiger partial charge on any atom is 0.254 e. The minimum atomic E-state index is -1.55. The lowest BCUT2D eigenvalue weighted by Crippen LogP contribution is -2.39. The van der Waals surface area contributed by atoms with E-state index >= 15 is 0 Å². The van der Waals surface area contributed by atoms with E-state index in [1.807, 2.05) is 16.8 Å². The van der Waals surface area contributed by atoms with E-state index in [-0.39, 0.29) is 17.0 Å². The molecule has 1 aromatic heterocycles. The van der Waals surface area contributed by atoms with E-state index in [0.29, 0.717) is 6.54 Å². The second-order valence-corrected chi connectivity index (χ2v) is 7.93. The van der Waals surface area contributed by atoms with Crippen LogP contribution in [0.4, 0.5) is 13.2 Å². The number of rotatable bonds is 4. The summed E-state index contributed by atoms with van der Waals surface area (Å²) in [6.07, 6.45) is 2.87. The number of nitrogens with one attached hydrogen (secondary N) is 1. The number of nitrogens with zero attached hydrogens (tertiary/aromatic N) is 1. The summed E-state index contributed by atoms with van der Waals surface area (Å²) >= 11 is 1.54. The Kier molecular flexibility index (Phi) is 4.52. The van der Waals surface area contributed by atoms with Gasteiger partial charge in [-0.15, -0.1) is 0 Å². The van der Waals surface area contributed by atoms with E-state index in [0.717, 1.165) is 50.0 Å². The Morgan fingerprint density at radius 3 is 2.54 bits per heavy atom. The summed E-state index contributed by atoms with van der Waals surface area (Å²) in [6.45, 7) is 2.22. The van der Waals surface area contributed by atoms with E-state index in [4.69, 9.17) is 0 Å². The van der Waals surface area contributed by atoms with Crippen molar-refractivity contribution in [1.29, 1.82) is 0 Å². The highest BCUT2D eigenvalue weighted by atomic mass is 32.1. The van der Waals surface area contributed by atoms with Crippen molar-refractivity contribution in [3.63, 3.8) is 0 Å². The Bertz CT molecular complexity index is 795. The number of hydrogen-bond acceptors (Lipinski definition) is 3. The fraction of sp³-hybridized carbons (Fsp3) is 0.421. The first kappa shape index (κ1) is 17.5. The monoisotopic (exact) mass is 380 g/mol. The van der Waals surface area contributed by atoms with Crippen LogP contribution in [0.3, 0.4) is 0 Å². The normalized spacial score (nSPS) is 21.0. The van der Waals surface area contributed by atoms with Gasteiger partial charge in [-0.3, -0.25) is 4.79 Å². The molecular weight excluding hydrogens is 361 g/mol. The largest absolute Gasteiger partial charge is 0.331 e. The average molecular weight is 380 g/mol. The van der Waals surface area contributed by atoms with Gasteiger partial charge in [0.1, 0.15) is 0 Å². The van der Waals surface area contributed by atoms with Gasteiger partial charge in [-0.1, -0.05) is 0 Å². The van der Waals surface area contributed by atoms with Gasteiger partial charge in [0, 0.05) is 18.2 Å². The van der Waals surface area contributed by atoms with E-state index in [9.17, 15) is 18.0 Å². The molecule has 2 heterocycles. The first-order chi connectivity index (χ1) is 12.5. The molecule has 7 heteroatoms. The number of carbonyl (C=O) groups excluding carboxylic acids is 1. The lowest BCUT2D eigenvalue weighted by Gasteiger charge is -2.29. The van der Waals surface area contributed by atoms with Crippen LogP contribution < -0.4 is 5.32 Å². The number of benzene rings is 1. The summed E-state index contributed by atoms with van der Waals surface area (Å²) in [5.74, 6) is -4.67. The zero-order chi connectivity index (χ0) is 18.3.